The third kappa shape index (κ3) is 35.6. The van der Waals surface area contributed by atoms with Gasteiger partial charge in [-0.1, -0.05) is 90.9 Å². The van der Waals surface area contributed by atoms with Gasteiger partial charge in [-0.15, -0.1) is 0 Å². The summed E-state index contributed by atoms with van der Waals surface area (Å²) in [5, 5.41) is 0. The molecule has 0 aliphatic heterocycles. The van der Waals surface area contributed by atoms with Crippen LogP contribution in [0, 0.1) is 0 Å². The predicted molar refractivity (Wildman–Crippen MR) is 177 cm³/mol. The van der Waals surface area contributed by atoms with Crippen molar-refractivity contribution in [1.29, 1.82) is 0 Å². The molecule has 0 aromatic rings. The first-order valence-electron chi connectivity index (χ1n) is 18.3. The van der Waals surface area contributed by atoms with Crippen molar-refractivity contribution in [2.75, 3.05) is 0 Å². The molecule has 0 radical (unpaired) electrons. The summed E-state index contributed by atoms with van der Waals surface area (Å²) in [5.41, 5.74) is 0. The number of carbonyl (C=O) groups is 2. The van der Waals surface area contributed by atoms with Crippen molar-refractivity contribution in [1.82, 2.24) is 0 Å². The van der Waals surface area contributed by atoms with Crippen LogP contribution in [0.3, 0.4) is 0 Å². The minimum Gasteiger partial charge on any atom is -0.0654 e. The summed E-state index contributed by atoms with van der Waals surface area (Å²) in [6.07, 6.45) is 40.3. The first kappa shape index (κ1) is 40.5. The van der Waals surface area contributed by atoms with Crippen LogP contribution in [0.2, 0.25) is 0 Å². The van der Waals surface area contributed by atoms with Gasteiger partial charge in [-0.05, 0) is 0 Å². The molecule has 0 amide bonds. The van der Waals surface area contributed by atoms with Crippen LogP contribution < -0.4 is 0 Å². The van der Waals surface area contributed by atoms with E-state index >= 15 is 0 Å². The van der Waals surface area contributed by atoms with Crippen LogP contribution in [0.25, 0.3) is 0 Å². The van der Waals surface area contributed by atoms with E-state index in [0.717, 1.165) is 25.7 Å². The molecule has 5 heteroatoms. The van der Waals surface area contributed by atoms with Gasteiger partial charge in [-0.3, -0.25) is 0 Å². The Hall–Kier alpha value is -0.541. The van der Waals surface area contributed by atoms with Gasteiger partial charge in [0.2, 0.25) is 0 Å². The van der Waals surface area contributed by atoms with Crippen molar-refractivity contribution in [3.05, 3.63) is 0 Å². The molecule has 0 aromatic heterocycles. The third-order valence-electron chi connectivity index (χ3n) is 8.22. The van der Waals surface area contributed by atoms with E-state index in [4.69, 9.17) is 7.64 Å². The molecule has 244 valence electrons. The normalized spacial score (nSPS) is 11.2. The number of carbonyl (C=O) groups excluding carboxylic acids is 2. The van der Waals surface area contributed by atoms with Crippen LogP contribution in [-0.4, -0.2) is 27.6 Å². The maximum atomic E-state index is 11.9. The van der Waals surface area contributed by atoms with Crippen LogP contribution in [0.1, 0.15) is 219 Å². The van der Waals surface area contributed by atoms with Crippen LogP contribution in [0.5, 0.6) is 0 Å². The second-order valence-electron chi connectivity index (χ2n) is 12.4. The van der Waals surface area contributed by atoms with E-state index in [2.05, 4.69) is 13.8 Å². The second kappa shape index (κ2) is 35.7. The van der Waals surface area contributed by atoms with Gasteiger partial charge >= 0.3 is 173 Å². The molecule has 0 unspecified atom stereocenters. The third-order valence-corrected chi connectivity index (χ3v) is 9.29. The Kier molecular flexibility index (Phi) is 35.2. The molecule has 41 heavy (non-hydrogen) atoms. The van der Waals surface area contributed by atoms with E-state index in [9.17, 15) is 9.59 Å². The molecule has 0 rings (SSSR count). The number of hydrogen-bond acceptors (Lipinski definition) is 4. The van der Waals surface area contributed by atoms with Gasteiger partial charge < -0.3 is 0 Å². The van der Waals surface area contributed by atoms with Gasteiger partial charge in [0.1, 0.15) is 0 Å². The van der Waals surface area contributed by atoms with Gasteiger partial charge in [-0.2, -0.15) is 0 Å². The Bertz CT molecular complexity index is 494. The molecule has 0 fully saturated rings. The monoisotopic (exact) mass is 646 g/mol. The van der Waals surface area contributed by atoms with E-state index in [1.807, 2.05) is 0 Å². The molecule has 0 aliphatic carbocycles. The van der Waals surface area contributed by atoms with E-state index in [1.165, 1.54) is 167 Å². The Morgan fingerprint density at radius 3 is 0.756 bits per heavy atom. The van der Waals surface area contributed by atoms with E-state index in [-0.39, 0.29) is 11.9 Å². The van der Waals surface area contributed by atoms with Crippen molar-refractivity contribution in [3.63, 3.8) is 0 Å². The van der Waals surface area contributed by atoms with Gasteiger partial charge in [0.25, 0.3) is 0 Å². The quantitative estimate of drug-likeness (QED) is 0.0516. The van der Waals surface area contributed by atoms with E-state index in [1.54, 1.807) is 0 Å². The van der Waals surface area contributed by atoms with Gasteiger partial charge in [0.05, 0.1) is 0 Å². The van der Waals surface area contributed by atoms with Crippen LogP contribution in [0.15, 0.2) is 0 Å². The molecule has 0 spiro atoms. The summed E-state index contributed by atoms with van der Waals surface area (Å²) >= 11 is -0.806. The standard InChI is InChI=1S/C36H70O4Se/c1-3-5-7-9-11-13-15-17-19-21-23-25-27-29-31-33-35(37)39-41-40-36(38)34-32-30-28-26-24-22-20-18-16-14-12-10-8-6-4-2/h3-34H2,1-2H3. The minimum atomic E-state index is -0.806. The van der Waals surface area contributed by atoms with Crippen LogP contribution in [0.4, 0.5) is 0 Å². The Morgan fingerprint density at radius 1 is 0.341 bits per heavy atom. The Labute approximate surface area is 263 Å². The molecule has 0 saturated heterocycles. The Morgan fingerprint density at radius 2 is 0.537 bits per heavy atom. The van der Waals surface area contributed by atoms with Crippen molar-refractivity contribution in [2.24, 2.45) is 0 Å². The van der Waals surface area contributed by atoms with Gasteiger partial charge in [-0.25, -0.2) is 0 Å². The van der Waals surface area contributed by atoms with Crippen LogP contribution in [-0.2, 0) is 17.2 Å². The smallest absolute Gasteiger partial charge is 0.0654 e. The zero-order chi connectivity index (χ0) is 29.9. The molecular weight excluding hydrogens is 575 g/mol. The maximum absolute atomic E-state index is 11.9. The minimum absolute atomic E-state index is 0.223. The van der Waals surface area contributed by atoms with Gasteiger partial charge in [0, 0.05) is 0 Å². The van der Waals surface area contributed by atoms with Crippen molar-refractivity contribution < 1.29 is 17.2 Å². The summed E-state index contributed by atoms with van der Waals surface area (Å²) in [7, 11) is 0. The van der Waals surface area contributed by atoms with Crippen LogP contribution >= 0.6 is 0 Å². The molecule has 0 N–H and O–H groups in total. The summed E-state index contributed by atoms with van der Waals surface area (Å²) < 4.78 is 10.3. The molecule has 0 aliphatic rings. The fraction of sp³-hybridized carbons (Fsp3) is 0.944. The summed E-state index contributed by atoms with van der Waals surface area (Å²) in [4.78, 5) is 23.7. The molecule has 4 nitrogen and oxygen atoms in total. The van der Waals surface area contributed by atoms with Crippen molar-refractivity contribution in [2.45, 2.75) is 219 Å². The molecule has 0 saturated carbocycles. The molecule has 0 heterocycles. The molecule has 0 aromatic carbocycles. The first-order chi connectivity index (χ1) is 20.2. The fourth-order valence-corrected chi connectivity index (χ4v) is 6.20. The van der Waals surface area contributed by atoms with E-state index in [0.29, 0.717) is 12.8 Å². The Balaban J connectivity index is 3.26. The van der Waals surface area contributed by atoms with Crippen molar-refractivity contribution in [3.8, 4) is 0 Å². The molecular formula is C36H70O4Se. The van der Waals surface area contributed by atoms with E-state index < -0.39 is 15.6 Å². The zero-order valence-corrected chi connectivity index (χ0v) is 29.4. The summed E-state index contributed by atoms with van der Waals surface area (Å²) in [6, 6.07) is 0. The van der Waals surface area contributed by atoms with Crippen molar-refractivity contribution >= 4 is 27.6 Å². The SMILES string of the molecule is CCCCCCCCCCCCCCCCCC(=O)O[Se]OC(=O)CCCCCCCCCCCCCCCCC. The fourth-order valence-electron chi connectivity index (χ4n) is 5.46. The van der Waals surface area contributed by atoms with Gasteiger partial charge in [0.15, 0.2) is 0 Å². The zero-order valence-electron chi connectivity index (χ0n) is 27.7. The molecule has 0 atom stereocenters. The predicted octanol–water partition coefficient (Wildman–Crippen LogP) is 12.1. The average molecular weight is 646 g/mol. The molecule has 0 bridgehead atoms. The average Bonchev–Trinajstić information content (AvgIpc) is 2.97. The summed E-state index contributed by atoms with van der Waals surface area (Å²) in [5.74, 6) is -0.445. The number of hydrogen-bond donors (Lipinski definition) is 0. The number of unbranched alkanes of at least 4 members (excludes halogenated alkanes) is 28. The topological polar surface area (TPSA) is 52.6 Å². The number of rotatable bonds is 34. The second-order valence-corrected chi connectivity index (χ2v) is 13.4. The summed E-state index contributed by atoms with van der Waals surface area (Å²) in [6.45, 7) is 4.55. The first-order valence-corrected chi connectivity index (χ1v) is 19.7.